The summed E-state index contributed by atoms with van der Waals surface area (Å²) in [5.41, 5.74) is 3.82. The molecule has 6 heteroatoms. The monoisotopic (exact) mass is 398 g/mol. The highest BCUT2D eigenvalue weighted by Gasteiger charge is 2.24. The predicted molar refractivity (Wildman–Crippen MR) is 112 cm³/mol. The molecule has 0 amide bonds. The molecular weight excluding hydrogens is 372 g/mol. The van der Waals surface area contributed by atoms with Gasteiger partial charge in [-0.05, 0) is 49.0 Å². The van der Waals surface area contributed by atoms with Crippen molar-refractivity contribution in [3.05, 3.63) is 40.5 Å². The topological polar surface area (TPSA) is 74.2 Å². The third kappa shape index (κ3) is 3.75. The highest BCUT2D eigenvalue weighted by Crippen LogP contribution is 2.47. The van der Waals surface area contributed by atoms with Gasteiger partial charge in [0.05, 0.1) is 28.4 Å². The molecule has 0 heterocycles. The second kappa shape index (κ2) is 8.90. The van der Waals surface area contributed by atoms with Crippen LogP contribution in [0.1, 0.15) is 46.3 Å². The summed E-state index contributed by atoms with van der Waals surface area (Å²) in [6.45, 7) is 0. The van der Waals surface area contributed by atoms with E-state index in [-0.39, 0.29) is 5.75 Å². The molecule has 0 saturated carbocycles. The molecule has 1 aliphatic rings. The quantitative estimate of drug-likeness (QED) is 0.722. The summed E-state index contributed by atoms with van der Waals surface area (Å²) >= 11 is 0. The van der Waals surface area contributed by atoms with E-state index >= 15 is 0 Å². The highest BCUT2D eigenvalue weighted by molar-refractivity contribution is 5.96. The van der Waals surface area contributed by atoms with Gasteiger partial charge in [0.1, 0.15) is 0 Å². The summed E-state index contributed by atoms with van der Waals surface area (Å²) in [7, 11) is 6.14. The standard InChI is InChI=1S/C23H26O6/c1-26-18-10-9-14-11-15(7-5-6-8-17(14)21(18)25)20-16(13-24)12-19(27-2)22(28-3)23(20)29-4/h9-13,25H,5-8H2,1-4H3. The van der Waals surface area contributed by atoms with Crippen LogP contribution < -0.4 is 18.9 Å². The van der Waals surface area contributed by atoms with Crippen molar-refractivity contribution >= 4 is 17.9 Å². The minimum absolute atomic E-state index is 0.164. The molecule has 0 atom stereocenters. The molecule has 0 saturated heterocycles. The molecule has 0 radical (unpaired) electrons. The second-order valence-corrected chi connectivity index (χ2v) is 6.79. The smallest absolute Gasteiger partial charge is 0.203 e. The van der Waals surface area contributed by atoms with Gasteiger partial charge < -0.3 is 24.1 Å². The first-order valence-corrected chi connectivity index (χ1v) is 9.47. The fourth-order valence-corrected chi connectivity index (χ4v) is 3.87. The maximum Gasteiger partial charge on any atom is 0.203 e. The van der Waals surface area contributed by atoms with Crippen LogP contribution in [-0.4, -0.2) is 39.8 Å². The summed E-state index contributed by atoms with van der Waals surface area (Å²) in [5.74, 6) is 1.95. The third-order valence-electron chi connectivity index (χ3n) is 5.26. The number of carbonyl (C=O) groups excluding carboxylic acids is 1. The van der Waals surface area contributed by atoms with Crippen molar-refractivity contribution in [1.82, 2.24) is 0 Å². The first kappa shape index (κ1) is 20.6. The number of allylic oxidation sites excluding steroid dienone is 1. The number of ether oxygens (including phenoxy) is 4. The van der Waals surface area contributed by atoms with Crippen LogP contribution in [-0.2, 0) is 6.42 Å². The lowest BCUT2D eigenvalue weighted by Gasteiger charge is -2.22. The Labute approximate surface area is 170 Å². The molecule has 0 spiro atoms. The number of phenols is 1. The van der Waals surface area contributed by atoms with Gasteiger partial charge in [-0.15, -0.1) is 0 Å². The van der Waals surface area contributed by atoms with Crippen LogP contribution in [0.15, 0.2) is 18.2 Å². The Balaban J connectivity index is 2.28. The van der Waals surface area contributed by atoms with E-state index in [1.165, 1.54) is 21.3 Å². The molecule has 0 fully saturated rings. The second-order valence-electron chi connectivity index (χ2n) is 6.79. The molecule has 1 N–H and O–H groups in total. The number of fused-ring (bicyclic) bond motifs is 1. The van der Waals surface area contributed by atoms with Crippen molar-refractivity contribution < 1.29 is 28.8 Å². The van der Waals surface area contributed by atoms with Gasteiger partial charge in [0.2, 0.25) is 5.75 Å². The number of carbonyl (C=O) groups is 1. The van der Waals surface area contributed by atoms with E-state index in [0.717, 1.165) is 48.7 Å². The molecule has 154 valence electrons. The summed E-state index contributed by atoms with van der Waals surface area (Å²) < 4.78 is 21.8. The van der Waals surface area contributed by atoms with E-state index in [1.807, 2.05) is 12.1 Å². The van der Waals surface area contributed by atoms with E-state index < -0.39 is 0 Å². The molecule has 6 nitrogen and oxygen atoms in total. The van der Waals surface area contributed by atoms with Gasteiger partial charge in [-0.1, -0.05) is 12.1 Å². The van der Waals surface area contributed by atoms with Gasteiger partial charge in [0, 0.05) is 16.7 Å². The SMILES string of the molecule is COc1ccc2c(c1O)CCCCC(c1c(C=O)cc(OC)c(OC)c1OC)=C2. The Morgan fingerprint density at radius 2 is 1.59 bits per heavy atom. The summed E-state index contributed by atoms with van der Waals surface area (Å²) in [5, 5.41) is 10.6. The van der Waals surface area contributed by atoms with Crippen molar-refractivity contribution in [2.75, 3.05) is 28.4 Å². The summed E-state index contributed by atoms with van der Waals surface area (Å²) in [6.07, 6.45) is 6.12. The number of aromatic hydroxyl groups is 1. The minimum atomic E-state index is 0.164. The maximum absolute atomic E-state index is 11.9. The molecule has 0 aliphatic heterocycles. The van der Waals surface area contributed by atoms with E-state index in [2.05, 4.69) is 0 Å². The fourth-order valence-electron chi connectivity index (χ4n) is 3.87. The van der Waals surface area contributed by atoms with E-state index in [4.69, 9.17) is 18.9 Å². The highest BCUT2D eigenvalue weighted by atomic mass is 16.5. The Morgan fingerprint density at radius 1 is 0.897 bits per heavy atom. The molecule has 2 aromatic rings. The zero-order valence-corrected chi connectivity index (χ0v) is 17.2. The first-order chi connectivity index (χ1) is 14.1. The number of hydrogen-bond donors (Lipinski definition) is 1. The van der Waals surface area contributed by atoms with Gasteiger partial charge >= 0.3 is 0 Å². The lowest BCUT2D eigenvalue weighted by atomic mass is 9.88. The van der Waals surface area contributed by atoms with E-state index in [0.29, 0.717) is 34.1 Å². The van der Waals surface area contributed by atoms with Crippen molar-refractivity contribution in [2.45, 2.75) is 25.7 Å². The Kier molecular flexibility index (Phi) is 6.32. The van der Waals surface area contributed by atoms with Crippen LogP contribution in [0.2, 0.25) is 0 Å². The van der Waals surface area contributed by atoms with E-state index in [9.17, 15) is 9.90 Å². The fraction of sp³-hybridized carbons (Fsp3) is 0.348. The van der Waals surface area contributed by atoms with Gasteiger partial charge in [-0.2, -0.15) is 0 Å². The van der Waals surface area contributed by atoms with Gasteiger partial charge in [0.25, 0.3) is 0 Å². The normalized spacial score (nSPS) is 13.4. The zero-order valence-electron chi connectivity index (χ0n) is 17.2. The molecule has 0 aromatic heterocycles. The van der Waals surface area contributed by atoms with Crippen LogP contribution in [0, 0.1) is 0 Å². The first-order valence-electron chi connectivity index (χ1n) is 9.47. The van der Waals surface area contributed by atoms with Crippen LogP contribution in [0.5, 0.6) is 28.7 Å². The number of benzene rings is 2. The lowest BCUT2D eigenvalue weighted by Crippen LogP contribution is -2.05. The minimum Gasteiger partial charge on any atom is -0.504 e. The summed E-state index contributed by atoms with van der Waals surface area (Å²) in [4.78, 5) is 11.9. The van der Waals surface area contributed by atoms with Crippen molar-refractivity contribution in [3.63, 3.8) is 0 Å². The number of aldehydes is 1. The third-order valence-corrected chi connectivity index (χ3v) is 5.26. The van der Waals surface area contributed by atoms with Crippen LogP contribution in [0.25, 0.3) is 11.6 Å². The average molecular weight is 398 g/mol. The Morgan fingerprint density at radius 3 is 2.21 bits per heavy atom. The average Bonchev–Trinajstić information content (AvgIpc) is 2.73. The van der Waals surface area contributed by atoms with Gasteiger partial charge in [-0.3, -0.25) is 4.79 Å². The molecular formula is C23H26O6. The van der Waals surface area contributed by atoms with E-state index in [1.54, 1.807) is 19.2 Å². The maximum atomic E-state index is 11.9. The van der Waals surface area contributed by atoms with Crippen LogP contribution in [0.3, 0.4) is 0 Å². The molecule has 0 unspecified atom stereocenters. The van der Waals surface area contributed by atoms with Crippen LogP contribution in [0.4, 0.5) is 0 Å². The predicted octanol–water partition coefficient (Wildman–Crippen LogP) is 4.51. The molecule has 1 aliphatic carbocycles. The lowest BCUT2D eigenvalue weighted by molar-refractivity contribution is 0.112. The molecule has 29 heavy (non-hydrogen) atoms. The van der Waals surface area contributed by atoms with Gasteiger partial charge in [-0.25, -0.2) is 0 Å². The molecule has 3 rings (SSSR count). The number of phenolic OH excluding ortho intramolecular Hbond substituents is 1. The number of hydrogen-bond acceptors (Lipinski definition) is 6. The molecule has 0 bridgehead atoms. The number of rotatable bonds is 6. The Hall–Kier alpha value is -3.15. The zero-order chi connectivity index (χ0) is 21.0. The van der Waals surface area contributed by atoms with Crippen molar-refractivity contribution in [3.8, 4) is 28.7 Å². The van der Waals surface area contributed by atoms with Crippen molar-refractivity contribution in [2.24, 2.45) is 0 Å². The molecule has 2 aromatic carbocycles. The van der Waals surface area contributed by atoms with Crippen molar-refractivity contribution in [1.29, 1.82) is 0 Å². The van der Waals surface area contributed by atoms with Crippen LogP contribution >= 0.6 is 0 Å². The summed E-state index contributed by atoms with van der Waals surface area (Å²) in [6, 6.07) is 5.33. The Bertz CT molecular complexity index is 945. The largest absolute Gasteiger partial charge is 0.504 e. The number of methoxy groups -OCH3 is 4. The van der Waals surface area contributed by atoms with Gasteiger partial charge in [0.15, 0.2) is 29.3 Å².